The van der Waals surface area contributed by atoms with Gasteiger partial charge in [0.05, 0.1) is 0 Å². The zero-order valence-corrected chi connectivity index (χ0v) is 13.8. The highest BCUT2D eigenvalue weighted by molar-refractivity contribution is 7.12. The first-order chi connectivity index (χ1) is 9.79. The number of aryl methyl sites for hydroxylation is 1. The van der Waals surface area contributed by atoms with Crippen LogP contribution < -0.4 is 11.1 Å². The Bertz CT molecular complexity index is 640. The van der Waals surface area contributed by atoms with E-state index in [1.165, 1.54) is 4.88 Å². The Labute approximate surface area is 130 Å². The third-order valence-electron chi connectivity index (χ3n) is 3.38. The summed E-state index contributed by atoms with van der Waals surface area (Å²) in [5, 5.41) is 3.26. The van der Waals surface area contributed by atoms with Gasteiger partial charge in [-0.15, -0.1) is 11.3 Å². The average Bonchev–Trinajstić information content (AvgIpc) is 2.86. The van der Waals surface area contributed by atoms with Crippen molar-refractivity contribution in [3.8, 4) is 0 Å². The van der Waals surface area contributed by atoms with E-state index >= 15 is 0 Å². The number of primary amides is 1. The molecule has 0 radical (unpaired) electrons. The SMILES string of the molecule is Cc1ccccc1NC(C(N)=O)c1ccc(C(C)(C)C)s1. The van der Waals surface area contributed by atoms with Crippen LogP contribution in [-0.4, -0.2) is 5.91 Å². The molecule has 0 spiro atoms. The molecule has 1 unspecified atom stereocenters. The maximum absolute atomic E-state index is 11.8. The van der Waals surface area contributed by atoms with E-state index in [4.69, 9.17) is 5.73 Å². The van der Waals surface area contributed by atoms with Crippen LogP contribution >= 0.6 is 11.3 Å². The summed E-state index contributed by atoms with van der Waals surface area (Å²) >= 11 is 1.64. The molecule has 0 fully saturated rings. The van der Waals surface area contributed by atoms with Crippen molar-refractivity contribution in [3.05, 3.63) is 51.7 Å². The number of rotatable bonds is 4. The second-order valence-electron chi connectivity index (χ2n) is 6.25. The van der Waals surface area contributed by atoms with E-state index in [9.17, 15) is 4.79 Å². The van der Waals surface area contributed by atoms with Gasteiger partial charge < -0.3 is 11.1 Å². The molecular formula is C17H22N2OS. The molecule has 0 bridgehead atoms. The lowest BCUT2D eigenvalue weighted by Crippen LogP contribution is -2.27. The standard InChI is InChI=1S/C17H22N2OS/c1-11-7-5-6-8-12(11)19-15(16(18)20)13-9-10-14(21-13)17(2,3)4/h5-10,15,19H,1-4H3,(H2,18,20). The molecular weight excluding hydrogens is 280 g/mol. The molecule has 112 valence electrons. The largest absolute Gasteiger partial charge is 0.369 e. The highest BCUT2D eigenvalue weighted by Gasteiger charge is 2.23. The number of carbonyl (C=O) groups is 1. The first-order valence-electron chi connectivity index (χ1n) is 7.01. The summed E-state index contributed by atoms with van der Waals surface area (Å²) in [7, 11) is 0. The van der Waals surface area contributed by atoms with Gasteiger partial charge in [0.15, 0.2) is 0 Å². The highest BCUT2D eigenvalue weighted by atomic mass is 32.1. The molecule has 1 heterocycles. The van der Waals surface area contributed by atoms with Gasteiger partial charge in [0.2, 0.25) is 5.91 Å². The summed E-state index contributed by atoms with van der Waals surface area (Å²) in [5.41, 5.74) is 7.70. The van der Waals surface area contributed by atoms with Gasteiger partial charge in [-0.2, -0.15) is 0 Å². The Morgan fingerprint density at radius 1 is 1.19 bits per heavy atom. The molecule has 2 rings (SSSR count). The van der Waals surface area contributed by atoms with E-state index < -0.39 is 6.04 Å². The van der Waals surface area contributed by atoms with Crippen LogP contribution in [0.5, 0.6) is 0 Å². The molecule has 1 atom stereocenters. The first-order valence-corrected chi connectivity index (χ1v) is 7.82. The Morgan fingerprint density at radius 2 is 1.86 bits per heavy atom. The van der Waals surface area contributed by atoms with Gasteiger partial charge in [0, 0.05) is 15.4 Å². The van der Waals surface area contributed by atoms with E-state index in [0.717, 1.165) is 16.1 Å². The summed E-state index contributed by atoms with van der Waals surface area (Å²) in [4.78, 5) is 14.0. The number of hydrogen-bond acceptors (Lipinski definition) is 3. The summed E-state index contributed by atoms with van der Waals surface area (Å²) in [6.45, 7) is 8.50. The zero-order chi connectivity index (χ0) is 15.6. The van der Waals surface area contributed by atoms with E-state index in [1.54, 1.807) is 11.3 Å². The van der Waals surface area contributed by atoms with Crippen LogP contribution in [-0.2, 0) is 10.2 Å². The number of nitrogens with one attached hydrogen (secondary N) is 1. The molecule has 2 aromatic rings. The number of carbonyl (C=O) groups excluding carboxylic acids is 1. The monoisotopic (exact) mass is 302 g/mol. The fourth-order valence-corrected chi connectivity index (χ4v) is 3.21. The maximum Gasteiger partial charge on any atom is 0.245 e. The van der Waals surface area contributed by atoms with E-state index in [0.29, 0.717) is 0 Å². The molecule has 1 aromatic carbocycles. The number of amides is 1. The number of hydrogen-bond donors (Lipinski definition) is 2. The molecule has 21 heavy (non-hydrogen) atoms. The average molecular weight is 302 g/mol. The van der Waals surface area contributed by atoms with Gasteiger partial charge >= 0.3 is 0 Å². The third-order valence-corrected chi connectivity index (χ3v) is 4.96. The molecule has 1 amide bonds. The minimum Gasteiger partial charge on any atom is -0.369 e. The molecule has 0 saturated heterocycles. The topological polar surface area (TPSA) is 55.1 Å². The summed E-state index contributed by atoms with van der Waals surface area (Å²) in [5.74, 6) is -0.361. The molecule has 0 aliphatic carbocycles. The smallest absolute Gasteiger partial charge is 0.245 e. The van der Waals surface area contributed by atoms with E-state index in [-0.39, 0.29) is 11.3 Å². The minimum atomic E-state index is -0.493. The second kappa shape index (κ2) is 5.90. The van der Waals surface area contributed by atoms with E-state index in [2.05, 4.69) is 32.2 Å². The van der Waals surface area contributed by atoms with E-state index in [1.807, 2.05) is 37.3 Å². The highest BCUT2D eigenvalue weighted by Crippen LogP contribution is 2.33. The molecule has 0 saturated carbocycles. The van der Waals surface area contributed by atoms with Crippen LogP contribution in [0, 0.1) is 6.92 Å². The lowest BCUT2D eigenvalue weighted by atomic mass is 9.95. The molecule has 4 heteroatoms. The maximum atomic E-state index is 11.8. The van der Waals surface area contributed by atoms with Crippen LogP contribution in [0.4, 0.5) is 5.69 Å². The lowest BCUT2D eigenvalue weighted by molar-refractivity contribution is -0.118. The van der Waals surface area contributed by atoms with Crippen molar-refractivity contribution < 1.29 is 4.79 Å². The van der Waals surface area contributed by atoms with Crippen LogP contribution in [0.15, 0.2) is 36.4 Å². The zero-order valence-electron chi connectivity index (χ0n) is 12.9. The Morgan fingerprint density at radius 3 is 2.38 bits per heavy atom. The van der Waals surface area contributed by atoms with Gasteiger partial charge in [-0.25, -0.2) is 0 Å². The van der Waals surface area contributed by atoms with Crippen LogP contribution in [0.1, 0.15) is 42.1 Å². The summed E-state index contributed by atoms with van der Waals surface area (Å²) < 4.78 is 0. The van der Waals surface area contributed by atoms with Crippen molar-refractivity contribution in [3.63, 3.8) is 0 Å². The quantitative estimate of drug-likeness (QED) is 0.897. The first kappa shape index (κ1) is 15.6. The Hall–Kier alpha value is -1.81. The number of benzene rings is 1. The van der Waals surface area contributed by atoms with Gasteiger partial charge in [0.25, 0.3) is 0 Å². The van der Waals surface area contributed by atoms with Crippen LogP contribution in [0.25, 0.3) is 0 Å². The number of thiophene rings is 1. The number of nitrogens with two attached hydrogens (primary N) is 1. The predicted molar refractivity (Wildman–Crippen MR) is 89.8 cm³/mol. The van der Waals surface area contributed by atoms with Gasteiger partial charge in [-0.1, -0.05) is 39.0 Å². The molecule has 0 aliphatic rings. The number of para-hydroxylation sites is 1. The number of anilines is 1. The molecule has 0 aliphatic heterocycles. The van der Waals surface area contributed by atoms with Gasteiger partial charge in [0.1, 0.15) is 6.04 Å². The van der Waals surface area contributed by atoms with Gasteiger partial charge in [-0.3, -0.25) is 4.79 Å². The summed E-state index contributed by atoms with van der Waals surface area (Å²) in [6.07, 6.45) is 0. The van der Waals surface area contributed by atoms with Crippen LogP contribution in [0.3, 0.4) is 0 Å². The predicted octanol–water partition coefficient (Wildman–Crippen LogP) is 3.99. The van der Waals surface area contributed by atoms with Crippen molar-refractivity contribution in [1.29, 1.82) is 0 Å². The second-order valence-corrected chi connectivity index (χ2v) is 7.36. The van der Waals surface area contributed by atoms with Crippen molar-refractivity contribution in [2.24, 2.45) is 5.73 Å². The molecule has 1 aromatic heterocycles. The normalized spacial score (nSPS) is 13.0. The van der Waals surface area contributed by atoms with Crippen LogP contribution in [0.2, 0.25) is 0 Å². The van der Waals surface area contributed by atoms with Crippen molar-refractivity contribution in [1.82, 2.24) is 0 Å². The third kappa shape index (κ3) is 3.64. The fourth-order valence-electron chi connectivity index (χ4n) is 2.08. The fraction of sp³-hybridized carbons (Fsp3) is 0.353. The van der Waals surface area contributed by atoms with Gasteiger partial charge in [-0.05, 0) is 36.1 Å². The molecule has 3 nitrogen and oxygen atoms in total. The Balaban J connectivity index is 2.30. The summed E-state index contributed by atoms with van der Waals surface area (Å²) in [6, 6.07) is 11.5. The van der Waals surface area contributed by atoms with Crippen molar-refractivity contribution >= 4 is 22.9 Å². The molecule has 3 N–H and O–H groups in total. The lowest BCUT2D eigenvalue weighted by Gasteiger charge is -2.18. The van der Waals surface area contributed by atoms with Crippen molar-refractivity contribution in [2.75, 3.05) is 5.32 Å². The minimum absolute atomic E-state index is 0.0772. The van der Waals surface area contributed by atoms with Crippen molar-refractivity contribution in [2.45, 2.75) is 39.2 Å². The Kier molecular flexibility index (Phi) is 4.37.